The summed E-state index contributed by atoms with van der Waals surface area (Å²) < 4.78 is 16.6. The summed E-state index contributed by atoms with van der Waals surface area (Å²) in [6.07, 6.45) is 0. The van der Waals surface area contributed by atoms with Gasteiger partial charge in [0.1, 0.15) is 17.4 Å². The van der Waals surface area contributed by atoms with Crippen molar-refractivity contribution >= 4 is 33.5 Å². The van der Waals surface area contributed by atoms with Crippen LogP contribution in [0.1, 0.15) is 32.3 Å². The number of benzene rings is 1. The van der Waals surface area contributed by atoms with Crippen LogP contribution in [-0.2, 0) is 14.3 Å². The summed E-state index contributed by atoms with van der Waals surface area (Å²) >= 11 is 9.76. The number of carbonyl (C=O) groups is 1. The fraction of sp³-hybridized carbons (Fsp3) is 0.333. The van der Waals surface area contributed by atoms with Crippen molar-refractivity contribution in [3.63, 3.8) is 0 Å². The summed E-state index contributed by atoms with van der Waals surface area (Å²) in [6.45, 7) is 5.78. The molecule has 1 unspecified atom stereocenters. The first-order valence-corrected chi connectivity index (χ1v) is 9.09. The van der Waals surface area contributed by atoms with Crippen molar-refractivity contribution in [3.8, 4) is 11.8 Å². The number of rotatable bonds is 5. The minimum atomic E-state index is -0.753. The zero-order valence-corrected chi connectivity index (χ0v) is 16.9. The number of hydrogen-bond donors (Lipinski definition) is 1. The highest BCUT2D eigenvalue weighted by Crippen LogP contribution is 2.44. The molecule has 0 aliphatic carbocycles. The van der Waals surface area contributed by atoms with Gasteiger partial charge in [-0.3, -0.25) is 0 Å². The van der Waals surface area contributed by atoms with Gasteiger partial charge in [0, 0.05) is 0 Å². The van der Waals surface area contributed by atoms with Crippen LogP contribution in [0.3, 0.4) is 0 Å². The van der Waals surface area contributed by atoms with Gasteiger partial charge in [0.05, 0.1) is 34.2 Å². The average Bonchev–Trinajstić information content (AvgIpc) is 2.57. The molecule has 1 aromatic rings. The fourth-order valence-corrected chi connectivity index (χ4v) is 3.71. The quantitative estimate of drug-likeness (QED) is 0.690. The van der Waals surface area contributed by atoms with Crippen molar-refractivity contribution < 1.29 is 19.0 Å². The second-order valence-corrected chi connectivity index (χ2v) is 6.62. The summed E-state index contributed by atoms with van der Waals surface area (Å²) in [5.74, 6) is -0.609. The van der Waals surface area contributed by atoms with E-state index in [2.05, 4.69) is 15.9 Å². The number of esters is 1. The van der Waals surface area contributed by atoms with Crippen molar-refractivity contribution in [2.45, 2.75) is 26.7 Å². The molecular formula is C18H18BrClN2O4. The van der Waals surface area contributed by atoms with E-state index in [1.54, 1.807) is 26.0 Å². The smallest absolute Gasteiger partial charge is 0.338 e. The van der Waals surface area contributed by atoms with Crippen LogP contribution in [0.4, 0.5) is 0 Å². The lowest BCUT2D eigenvalue weighted by Crippen LogP contribution is -2.25. The van der Waals surface area contributed by atoms with Crippen LogP contribution >= 0.6 is 27.5 Å². The molecule has 1 aliphatic heterocycles. The highest BCUT2D eigenvalue weighted by molar-refractivity contribution is 9.10. The Morgan fingerprint density at radius 3 is 2.65 bits per heavy atom. The molecule has 0 radical (unpaired) electrons. The maximum Gasteiger partial charge on any atom is 0.338 e. The van der Waals surface area contributed by atoms with Gasteiger partial charge in [0.2, 0.25) is 5.88 Å². The van der Waals surface area contributed by atoms with Crippen LogP contribution < -0.4 is 10.5 Å². The minimum absolute atomic E-state index is 0.0517. The molecule has 138 valence electrons. The third-order valence-corrected chi connectivity index (χ3v) is 4.61. The Morgan fingerprint density at radius 2 is 2.12 bits per heavy atom. The first kappa shape index (κ1) is 20.1. The van der Waals surface area contributed by atoms with Crippen LogP contribution in [-0.4, -0.2) is 19.2 Å². The van der Waals surface area contributed by atoms with E-state index in [0.29, 0.717) is 27.4 Å². The number of nitrogens with zero attached hydrogens (tertiary/aromatic N) is 1. The number of halogens is 2. The second kappa shape index (κ2) is 8.47. The lowest BCUT2D eigenvalue weighted by atomic mass is 9.83. The Hall–Kier alpha value is -2.17. The molecule has 0 spiro atoms. The predicted octanol–water partition coefficient (Wildman–Crippen LogP) is 4.15. The molecule has 2 N–H and O–H groups in total. The maximum absolute atomic E-state index is 12.5. The largest absolute Gasteiger partial charge is 0.491 e. The van der Waals surface area contributed by atoms with Gasteiger partial charge < -0.3 is 19.9 Å². The van der Waals surface area contributed by atoms with Gasteiger partial charge in [-0.2, -0.15) is 5.26 Å². The van der Waals surface area contributed by atoms with E-state index in [1.807, 2.05) is 13.0 Å². The van der Waals surface area contributed by atoms with Crippen molar-refractivity contribution in [1.29, 1.82) is 5.26 Å². The van der Waals surface area contributed by atoms with E-state index in [0.717, 1.165) is 0 Å². The van der Waals surface area contributed by atoms with E-state index in [-0.39, 0.29) is 29.4 Å². The van der Waals surface area contributed by atoms with Crippen molar-refractivity contribution in [2.24, 2.45) is 5.73 Å². The number of nitrogens with two attached hydrogens (primary N) is 1. The van der Waals surface area contributed by atoms with Gasteiger partial charge >= 0.3 is 5.97 Å². The molecule has 8 heteroatoms. The third-order valence-electron chi connectivity index (χ3n) is 3.74. The number of carbonyl (C=O) groups excluding carboxylic acids is 1. The summed E-state index contributed by atoms with van der Waals surface area (Å²) in [5.41, 5.74) is 6.80. The molecule has 6 nitrogen and oxygen atoms in total. The molecule has 26 heavy (non-hydrogen) atoms. The van der Waals surface area contributed by atoms with E-state index in [1.165, 1.54) is 0 Å². The number of hydrogen-bond acceptors (Lipinski definition) is 6. The van der Waals surface area contributed by atoms with E-state index in [9.17, 15) is 10.1 Å². The molecule has 0 saturated carbocycles. The average molecular weight is 442 g/mol. The zero-order valence-electron chi connectivity index (χ0n) is 14.6. The van der Waals surface area contributed by atoms with E-state index < -0.39 is 11.9 Å². The summed E-state index contributed by atoms with van der Waals surface area (Å²) in [4.78, 5) is 12.5. The molecule has 2 rings (SSSR count). The molecule has 1 aromatic carbocycles. The van der Waals surface area contributed by atoms with Gasteiger partial charge in [0.15, 0.2) is 5.75 Å². The van der Waals surface area contributed by atoms with E-state index in [4.69, 9.17) is 31.5 Å². The van der Waals surface area contributed by atoms with Crippen LogP contribution in [0.15, 0.2) is 39.4 Å². The molecule has 0 saturated heterocycles. The monoisotopic (exact) mass is 440 g/mol. The molecule has 1 aliphatic rings. The fourth-order valence-electron chi connectivity index (χ4n) is 2.72. The van der Waals surface area contributed by atoms with Crippen molar-refractivity contribution in [3.05, 3.63) is 50.0 Å². The number of allylic oxidation sites excluding steroid dienone is 2. The highest BCUT2D eigenvalue weighted by atomic mass is 79.9. The summed E-state index contributed by atoms with van der Waals surface area (Å²) in [7, 11) is 0. The third kappa shape index (κ3) is 3.81. The minimum Gasteiger partial charge on any atom is -0.491 e. The highest BCUT2D eigenvalue weighted by Gasteiger charge is 2.36. The molecule has 1 atom stereocenters. The Bertz CT molecular complexity index is 819. The number of ether oxygens (including phenoxy) is 3. The van der Waals surface area contributed by atoms with Gasteiger partial charge in [-0.1, -0.05) is 11.6 Å². The standard InChI is InChI=1S/C18H18BrClN2O4/c1-4-24-16-12(19)6-10(7-13(16)20)15-11(8-21)17(22)26-9(3)14(15)18(23)25-5-2/h6-7,15H,4-5,22H2,1-3H3. The molecular weight excluding hydrogens is 424 g/mol. The first-order valence-electron chi connectivity index (χ1n) is 7.92. The molecule has 0 amide bonds. The van der Waals surface area contributed by atoms with Gasteiger partial charge in [-0.15, -0.1) is 0 Å². The van der Waals surface area contributed by atoms with Crippen LogP contribution in [0.2, 0.25) is 5.02 Å². The second-order valence-electron chi connectivity index (χ2n) is 5.36. The molecule has 1 heterocycles. The Morgan fingerprint density at radius 1 is 1.42 bits per heavy atom. The van der Waals surface area contributed by atoms with Gasteiger partial charge in [-0.05, 0) is 54.4 Å². The zero-order chi connectivity index (χ0) is 19.4. The van der Waals surface area contributed by atoms with Crippen molar-refractivity contribution in [1.82, 2.24) is 0 Å². The number of nitriles is 1. The van der Waals surface area contributed by atoms with E-state index >= 15 is 0 Å². The lowest BCUT2D eigenvalue weighted by molar-refractivity contribution is -0.139. The maximum atomic E-state index is 12.5. The van der Waals surface area contributed by atoms with Gasteiger partial charge in [-0.25, -0.2) is 4.79 Å². The predicted molar refractivity (Wildman–Crippen MR) is 100 cm³/mol. The Kier molecular flexibility index (Phi) is 6.57. The Balaban J connectivity index is 2.66. The Labute approximate surface area is 165 Å². The summed E-state index contributed by atoms with van der Waals surface area (Å²) in [5, 5.41) is 9.92. The van der Waals surface area contributed by atoms with Crippen molar-refractivity contribution in [2.75, 3.05) is 13.2 Å². The normalized spacial score (nSPS) is 16.8. The SMILES string of the molecule is CCOC(=O)C1=C(C)OC(N)=C(C#N)C1c1cc(Cl)c(OCC)c(Br)c1. The van der Waals surface area contributed by atoms with Crippen LogP contribution in [0.5, 0.6) is 5.75 Å². The van der Waals surface area contributed by atoms with Crippen LogP contribution in [0, 0.1) is 11.3 Å². The molecule has 0 aromatic heterocycles. The summed E-state index contributed by atoms with van der Waals surface area (Å²) in [6, 6.07) is 5.41. The topological polar surface area (TPSA) is 94.6 Å². The first-order chi connectivity index (χ1) is 12.3. The molecule has 0 bridgehead atoms. The lowest BCUT2D eigenvalue weighted by Gasteiger charge is -2.27. The molecule has 0 fully saturated rings. The van der Waals surface area contributed by atoms with Crippen LogP contribution in [0.25, 0.3) is 0 Å². The van der Waals surface area contributed by atoms with Gasteiger partial charge in [0.25, 0.3) is 0 Å².